The van der Waals surface area contributed by atoms with Crippen LogP contribution in [-0.4, -0.2) is 18.4 Å². The minimum Gasteiger partial charge on any atom is -0.457 e. The van der Waals surface area contributed by atoms with Crippen LogP contribution in [-0.2, 0) is 9.59 Å². The van der Waals surface area contributed by atoms with Crippen molar-refractivity contribution in [1.82, 2.24) is 0 Å². The Morgan fingerprint density at radius 2 is 1.43 bits per heavy atom. The van der Waals surface area contributed by atoms with Crippen molar-refractivity contribution in [2.45, 2.75) is 6.92 Å². The van der Waals surface area contributed by atoms with E-state index in [9.17, 15) is 9.59 Å². The summed E-state index contributed by atoms with van der Waals surface area (Å²) >= 11 is 0. The molecule has 0 saturated heterocycles. The van der Waals surface area contributed by atoms with Gasteiger partial charge in [0.15, 0.2) is 0 Å². The first kappa shape index (κ1) is 19.0. The second-order valence-corrected chi connectivity index (χ2v) is 6.10. The van der Waals surface area contributed by atoms with Crippen LogP contribution in [0.15, 0.2) is 78.9 Å². The van der Waals surface area contributed by atoms with E-state index in [0.29, 0.717) is 17.1 Å². The van der Waals surface area contributed by atoms with Gasteiger partial charge in [0.25, 0.3) is 0 Å². The quantitative estimate of drug-likeness (QED) is 0.569. The highest BCUT2D eigenvalue weighted by atomic mass is 16.5. The van der Waals surface area contributed by atoms with Crippen molar-refractivity contribution >= 4 is 28.9 Å². The number of para-hydroxylation sites is 1. The van der Waals surface area contributed by atoms with E-state index >= 15 is 0 Å². The summed E-state index contributed by atoms with van der Waals surface area (Å²) in [5.74, 6) is 1.12. The summed E-state index contributed by atoms with van der Waals surface area (Å²) in [6, 6.07) is 23.8. The SMILES string of the molecule is CC(=O)Nc1cccc(NCC(=O)Nc2ccc(Oc3ccccc3)cc2)c1. The van der Waals surface area contributed by atoms with E-state index in [1.54, 1.807) is 42.5 Å². The van der Waals surface area contributed by atoms with Gasteiger partial charge in [-0.05, 0) is 54.6 Å². The first-order valence-electron chi connectivity index (χ1n) is 8.83. The molecule has 6 heteroatoms. The summed E-state index contributed by atoms with van der Waals surface area (Å²) in [7, 11) is 0. The Morgan fingerprint density at radius 1 is 0.750 bits per heavy atom. The minimum atomic E-state index is -0.179. The van der Waals surface area contributed by atoms with Crippen LogP contribution in [0.5, 0.6) is 11.5 Å². The molecule has 0 atom stereocenters. The fourth-order valence-electron chi connectivity index (χ4n) is 2.53. The Morgan fingerprint density at radius 3 is 2.14 bits per heavy atom. The van der Waals surface area contributed by atoms with E-state index in [1.165, 1.54) is 6.92 Å². The highest BCUT2D eigenvalue weighted by Gasteiger charge is 2.04. The molecule has 0 spiro atoms. The first-order chi connectivity index (χ1) is 13.6. The van der Waals surface area contributed by atoms with Crippen LogP contribution in [0.25, 0.3) is 0 Å². The average Bonchev–Trinajstić information content (AvgIpc) is 2.69. The Balaban J connectivity index is 1.50. The maximum atomic E-state index is 12.1. The summed E-state index contributed by atoms with van der Waals surface area (Å²) in [5.41, 5.74) is 2.10. The van der Waals surface area contributed by atoms with Crippen molar-refractivity contribution in [3.8, 4) is 11.5 Å². The molecule has 0 radical (unpaired) electrons. The van der Waals surface area contributed by atoms with E-state index in [1.807, 2.05) is 36.4 Å². The monoisotopic (exact) mass is 375 g/mol. The molecule has 28 heavy (non-hydrogen) atoms. The van der Waals surface area contributed by atoms with Crippen LogP contribution in [0.3, 0.4) is 0 Å². The lowest BCUT2D eigenvalue weighted by Crippen LogP contribution is -2.21. The molecule has 0 bridgehead atoms. The molecule has 0 aliphatic rings. The molecule has 0 aromatic heterocycles. The number of benzene rings is 3. The molecule has 3 aromatic rings. The number of anilines is 3. The normalized spacial score (nSPS) is 10.0. The molecule has 2 amide bonds. The third kappa shape index (κ3) is 5.88. The van der Waals surface area contributed by atoms with Crippen LogP contribution in [0.4, 0.5) is 17.1 Å². The van der Waals surface area contributed by atoms with Crippen LogP contribution in [0, 0.1) is 0 Å². The number of carbonyl (C=O) groups excluding carboxylic acids is 2. The minimum absolute atomic E-state index is 0.103. The van der Waals surface area contributed by atoms with Gasteiger partial charge in [-0.2, -0.15) is 0 Å². The molecule has 142 valence electrons. The zero-order valence-electron chi connectivity index (χ0n) is 15.4. The van der Waals surface area contributed by atoms with Crippen molar-refractivity contribution in [2.24, 2.45) is 0 Å². The van der Waals surface area contributed by atoms with E-state index in [4.69, 9.17) is 4.74 Å². The van der Waals surface area contributed by atoms with Gasteiger partial charge in [0.05, 0.1) is 6.54 Å². The molecule has 6 nitrogen and oxygen atoms in total. The molecule has 0 aliphatic heterocycles. The van der Waals surface area contributed by atoms with Gasteiger partial charge in [-0.1, -0.05) is 24.3 Å². The zero-order chi connectivity index (χ0) is 19.8. The highest BCUT2D eigenvalue weighted by Crippen LogP contribution is 2.22. The van der Waals surface area contributed by atoms with Crippen LogP contribution >= 0.6 is 0 Å². The predicted molar refractivity (Wildman–Crippen MR) is 111 cm³/mol. The second kappa shape index (κ2) is 9.23. The Bertz CT molecular complexity index is 941. The topological polar surface area (TPSA) is 79.5 Å². The van der Waals surface area contributed by atoms with E-state index in [-0.39, 0.29) is 18.4 Å². The summed E-state index contributed by atoms with van der Waals surface area (Å²) in [4.78, 5) is 23.3. The lowest BCUT2D eigenvalue weighted by molar-refractivity contribution is -0.115. The van der Waals surface area contributed by atoms with E-state index in [0.717, 1.165) is 11.4 Å². The van der Waals surface area contributed by atoms with Crippen molar-refractivity contribution < 1.29 is 14.3 Å². The molecule has 0 aliphatic carbocycles. The van der Waals surface area contributed by atoms with Crippen LogP contribution in [0.1, 0.15) is 6.92 Å². The first-order valence-corrected chi connectivity index (χ1v) is 8.83. The van der Waals surface area contributed by atoms with Gasteiger partial charge in [0.2, 0.25) is 11.8 Å². The van der Waals surface area contributed by atoms with Crippen molar-refractivity contribution in [3.05, 3.63) is 78.9 Å². The molecular weight excluding hydrogens is 354 g/mol. The van der Waals surface area contributed by atoms with E-state index < -0.39 is 0 Å². The molecule has 3 rings (SSSR count). The summed E-state index contributed by atoms with van der Waals surface area (Å²) in [5, 5.41) is 8.56. The van der Waals surface area contributed by atoms with E-state index in [2.05, 4.69) is 16.0 Å². The lowest BCUT2D eigenvalue weighted by atomic mass is 10.2. The van der Waals surface area contributed by atoms with Gasteiger partial charge < -0.3 is 20.7 Å². The molecule has 0 unspecified atom stereocenters. The fourth-order valence-corrected chi connectivity index (χ4v) is 2.53. The zero-order valence-corrected chi connectivity index (χ0v) is 15.4. The predicted octanol–water partition coefficient (Wildman–Crippen LogP) is 4.49. The number of carbonyl (C=O) groups is 2. The fraction of sp³-hybridized carbons (Fsp3) is 0.0909. The maximum absolute atomic E-state index is 12.1. The number of rotatable bonds is 7. The second-order valence-electron chi connectivity index (χ2n) is 6.10. The molecule has 0 saturated carbocycles. The summed E-state index contributed by atoms with van der Waals surface area (Å²) < 4.78 is 5.73. The Labute approximate surface area is 163 Å². The standard InChI is InChI=1S/C22H21N3O3/c1-16(26)24-19-7-5-6-18(14-19)23-15-22(27)25-17-10-12-21(13-11-17)28-20-8-3-2-4-9-20/h2-14,23H,15H2,1H3,(H,24,26)(H,25,27). The van der Waals surface area contributed by atoms with Gasteiger partial charge >= 0.3 is 0 Å². The van der Waals surface area contributed by atoms with Crippen molar-refractivity contribution in [3.63, 3.8) is 0 Å². The third-order valence-electron chi connectivity index (χ3n) is 3.75. The third-order valence-corrected chi connectivity index (χ3v) is 3.75. The number of amides is 2. The van der Waals surface area contributed by atoms with Gasteiger partial charge in [-0.15, -0.1) is 0 Å². The Hall–Kier alpha value is -3.80. The molecule has 3 N–H and O–H groups in total. The average molecular weight is 375 g/mol. The maximum Gasteiger partial charge on any atom is 0.243 e. The van der Waals surface area contributed by atoms with Gasteiger partial charge in [0.1, 0.15) is 11.5 Å². The molecule has 0 heterocycles. The van der Waals surface area contributed by atoms with Gasteiger partial charge in [0, 0.05) is 24.0 Å². The Kier molecular flexibility index (Phi) is 6.25. The van der Waals surface area contributed by atoms with Gasteiger partial charge in [-0.25, -0.2) is 0 Å². The molecular formula is C22H21N3O3. The van der Waals surface area contributed by atoms with Crippen LogP contribution in [0.2, 0.25) is 0 Å². The summed E-state index contributed by atoms with van der Waals surface area (Å²) in [6.07, 6.45) is 0. The van der Waals surface area contributed by atoms with Crippen molar-refractivity contribution in [1.29, 1.82) is 0 Å². The number of hydrogen-bond donors (Lipinski definition) is 3. The smallest absolute Gasteiger partial charge is 0.243 e. The van der Waals surface area contributed by atoms with Gasteiger partial charge in [-0.3, -0.25) is 9.59 Å². The summed E-state index contributed by atoms with van der Waals surface area (Å²) in [6.45, 7) is 1.55. The highest BCUT2D eigenvalue weighted by molar-refractivity contribution is 5.94. The largest absolute Gasteiger partial charge is 0.457 e. The van der Waals surface area contributed by atoms with Crippen LogP contribution < -0.4 is 20.7 Å². The number of hydrogen-bond acceptors (Lipinski definition) is 4. The van der Waals surface area contributed by atoms with Crippen molar-refractivity contribution in [2.75, 3.05) is 22.5 Å². The molecule has 3 aromatic carbocycles. The number of nitrogens with one attached hydrogen (secondary N) is 3. The lowest BCUT2D eigenvalue weighted by Gasteiger charge is -2.10. The number of ether oxygens (including phenoxy) is 1. The molecule has 0 fully saturated rings.